The molecule has 0 saturated heterocycles. The van der Waals surface area contributed by atoms with Crippen molar-refractivity contribution in [3.63, 3.8) is 0 Å². The number of amides is 2. The number of methoxy groups -OCH3 is 2. The highest BCUT2D eigenvalue weighted by Crippen LogP contribution is 2.24. The Kier molecular flexibility index (Phi) is 7.76. The second kappa shape index (κ2) is 10.3. The molecule has 0 unspecified atom stereocenters. The molecular formula is C20H18BrNO6. The maximum Gasteiger partial charge on any atom is 0.331 e. The Bertz CT molecular complexity index is 909. The van der Waals surface area contributed by atoms with E-state index in [9.17, 15) is 14.4 Å². The number of ether oxygens (including phenoxy) is 3. The number of para-hydroxylation sites is 1. The number of hydrogen-bond acceptors (Lipinski definition) is 6. The van der Waals surface area contributed by atoms with Gasteiger partial charge in [0.2, 0.25) is 0 Å². The number of carbonyl (C=O) groups is 3. The van der Waals surface area contributed by atoms with Crippen molar-refractivity contribution >= 4 is 39.8 Å². The summed E-state index contributed by atoms with van der Waals surface area (Å²) in [6.07, 6.45) is 2.67. The highest BCUT2D eigenvalue weighted by molar-refractivity contribution is 9.10. The molecule has 0 aromatic heterocycles. The summed E-state index contributed by atoms with van der Waals surface area (Å²) in [5.41, 5.74) is 0.857. The maximum absolute atomic E-state index is 12.1. The van der Waals surface area contributed by atoms with Gasteiger partial charge in [-0.15, -0.1) is 0 Å². The molecule has 146 valence electrons. The largest absolute Gasteiger partial charge is 0.496 e. The second-order valence-electron chi connectivity index (χ2n) is 5.40. The third kappa shape index (κ3) is 5.95. The van der Waals surface area contributed by atoms with Crippen molar-refractivity contribution in [3.05, 3.63) is 64.1 Å². The molecule has 7 nitrogen and oxygen atoms in total. The summed E-state index contributed by atoms with van der Waals surface area (Å²) in [4.78, 5) is 35.8. The first-order chi connectivity index (χ1) is 13.4. The molecule has 1 N–H and O–H groups in total. The molecule has 2 aromatic carbocycles. The fraction of sp³-hybridized carbons (Fsp3) is 0.150. The van der Waals surface area contributed by atoms with Crippen LogP contribution in [0.4, 0.5) is 0 Å². The van der Waals surface area contributed by atoms with Gasteiger partial charge in [-0.1, -0.05) is 28.1 Å². The molecule has 0 spiro atoms. The number of nitrogens with one attached hydrogen (secondary N) is 1. The van der Waals surface area contributed by atoms with Gasteiger partial charge in [0.05, 0.1) is 19.8 Å². The van der Waals surface area contributed by atoms with Crippen molar-refractivity contribution in [1.82, 2.24) is 5.32 Å². The minimum absolute atomic E-state index is 0.200. The lowest BCUT2D eigenvalue weighted by molar-refractivity contribution is -0.143. The average Bonchev–Trinajstić information content (AvgIpc) is 2.70. The summed E-state index contributed by atoms with van der Waals surface area (Å²) in [7, 11) is 2.93. The molecule has 0 aliphatic heterocycles. The summed E-state index contributed by atoms with van der Waals surface area (Å²) in [5.74, 6) is -1.23. The van der Waals surface area contributed by atoms with Crippen LogP contribution in [0, 0.1) is 0 Å². The van der Waals surface area contributed by atoms with E-state index in [-0.39, 0.29) is 5.56 Å². The van der Waals surface area contributed by atoms with Crippen LogP contribution in [0.2, 0.25) is 0 Å². The highest BCUT2D eigenvalue weighted by Gasteiger charge is 2.15. The van der Waals surface area contributed by atoms with Crippen molar-refractivity contribution in [2.45, 2.75) is 0 Å². The van der Waals surface area contributed by atoms with E-state index in [4.69, 9.17) is 14.2 Å². The quantitative estimate of drug-likeness (QED) is 0.518. The van der Waals surface area contributed by atoms with Gasteiger partial charge in [-0.2, -0.15) is 0 Å². The fourth-order valence-corrected chi connectivity index (χ4v) is 2.62. The monoisotopic (exact) mass is 447 g/mol. The van der Waals surface area contributed by atoms with Crippen LogP contribution in [0.1, 0.15) is 15.9 Å². The molecule has 0 atom stereocenters. The molecule has 2 amide bonds. The Balaban J connectivity index is 1.89. The molecule has 0 aliphatic rings. The zero-order chi connectivity index (χ0) is 20.5. The van der Waals surface area contributed by atoms with Crippen LogP contribution in [0.15, 0.2) is 53.0 Å². The first kappa shape index (κ1) is 21.2. The summed E-state index contributed by atoms with van der Waals surface area (Å²) >= 11 is 3.34. The number of halogens is 1. The Morgan fingerprint density at radius 2 is 1.75 bits per heavy atom. The first-order valence-electron chi connectivity index (χ1n) is 8.10. The zero-order valence-electron chi connectivity index (χ0n) is 15.2. The number of benzene rings is 2. The van der Waals surface area contributed by atoms with E-state index in [1.807, 2.05) is 0 Å². The van der Waals surface area contributed by atoms with E-state index in [1.165, 1.54) is 32.4 Å². The minimum atomic E-state index is -0.752. The average molecular weight is 448 g/mol. The van der Waals surface area contributed by atoms with Crippen LogP contribution in [0.25, 0.3) is 6.08 Å². The van der Waals surface area contributed by atoms with Crippen molar-refractivity contribution in [1.29, 1.82) is 0 Å². The standard InChI is InChI=1S/C20H18BrNO6/c1-26-16-9-8-14(21)11-13(16)7-10-19(24)28-12-18(23)22-20(25)15-5-3-4-6-17(15)27-2/h3-11H,12H2,1-2H3,(H,22,23,25)/b10-7+. The van der Waals surface area contributed by atoms with Gasteiger partial charge in [0.15, 0.2) is 6.61 Å². The predicted molar refractivity (Wildman–Crippen MR) is 106 cm³/mol. The van der Waals surface area contributed by atoms with E-state index in [0.29, 0.717) is 17.1 Å². The molecule has 2 aromatic rings. The van der Waals surface area contributed by atoms with Crippen LogP contribution < -0.4 is 14.8 Å². The molecule has 0 aliphatic carbocycles. The first-order valence-corrected chi connectivity index (χ1v) is 8.89. The van der Waals surface area contributed by atoms with Crippen molar-refractivity contribution in [3.8, 4) is 11.5 Å². The Morgan fingerprint density at radius 3 is 2.46 bits per heavy atom. The van der Waals surface area contributed by atoms with Crippen LogP contribution in [0.5, 0.6) is 11.5 Å². The lowest BCUT2D eigenvalue weighted by Crippen LogP contribution is -2.34. The van der Waals surface area contributed by atoms with E-state index < -0.39 is 24.4 Å². The van der Waals surface area contributed by atoms with Crippen molar-refractivity contribution in [2.24, 2.45) is 0 Å². The third-order valence-electron chi connectivity index (χ3n) is 3.54. The Morgan fingerprint density at radius 1 is 1.04 bits per heavy atom. The van der Waals surface area contributed by atoms with E-state index >= 15 is 0 Å². The van der Waals surface area contributed by atoms with Gasteiger partial charge in [0.25, 0.3) is 11.8 Å². The highest BCUT2D eigenvalue weighted by atomic mass is 79.9. The summed E-state index contributed by atoms with van der Waals surface area (Å²) in [6.45, 7) is -0.598. The Hall–Kier alpha value is -3.13. The molecule has 0 bridgehead atoms. The van der Waals surface area contributed by atoms with Crippen LogP contribution in [-0.2, 0) is 14.3 Å². The summed E-state index contributed by atoms with van der Waals surface area (Å²) < 4.78 is 15.9. The van der Waals surface area contributed by atoms with E-state index in [2.05, 4.69) is 21.2 Å². The molecule has 28 heavy (non-hydrogen) atoms. The van der Waals surface area contributed by atoms with E-state index in [1.54, 1.807) is 36.4 Å². The number of imide groups is 1. The smallest absolute Gasteiger partial charge is 0.331 e. The van der Waals surface area contributed by atoms with Crippen molar-refractivity contribution in [2.75, 3.05) is 20.8 Å². The summed E-state index contributed by atoms with van der Waals surface area (Å²) in [6, 6.07) is 11.8. The summed E-state index contributed by atoms with van der Waals surface area (Å²) in [5, 5.41) is 2.14. The number of carbonyl (C=O) groups excluding carboxylic acids is 3. The molecular weight excluding hydrogens is 430 g/mol. The van der Waals surface area contributed by atoms with Gasteiger partial charge in [-0.3, -0.25) is 14.9 Å². The lowest BCUT2D eigenvalue weighted by Gasteiger charge is -2.08. The minimum Gasteiger partial charge on any atom is -0.496 e. The maximum atomic E-state index is 12.1. The lowest BCUT2D eigenvalue weighted by atomic mass is 10.2. The fourth-order valence-electron chi connectivity index (χ4n) is 2.24. The predicted octanol–water partition coefficient (Wildman–Crippen LogP) is 2.98. The molecule has 0 saturated carbocycles. The molecule has 0 radical (unpaired) electrons. The topological polar surface area (TPSA) is 90.9 Å². The molecule has 2 rings (SSSR count). The molecule has 8 heteroatoms. The van der Waals surface area contributed by atoms with E-state index in [0.717, 1.165) is 4.47 Å². The number of rotatable bonds is 7. The van der Waals surface area contributed by atoms with Crippen molar-refractivity contribution < 1.29 is 28.6 Å². The SMILES string of the molecule is COc1ccc(Br)cc1/C=C/C(=O)OCC(=O)NC(=O)c1ccccc1OC. The second-order valence-corrected chi connectivity index (χ2v) is 6.32. The number of esters is 1. The molecule has 0 heterocycles. The normalized spacial score (nSPS) is 10.4. The molecule has 0 fully saturated rings. The van der Waals surface area contributed by atoms with Gasteiger partial charge in [-0.25, -0.2) is 4.79 Å². The van der Waals surface area contributed by atoms with Gasteiger partial charge in [0.1, 0.15) is 11.5 Å². The van der Waals surface area contributed by atoms with Crippen LogP contribution in [-0.4, -0.2) is 38.6 Å². The van der Waals surface area contributed by atoms with Gasteiger partial charge in [-0.05, 0) is 36.4 Å². The van der Waals surface area contributed by atoms with Crippen LogP contribution in [0.3, 0.4) is 0 Å². The van der Waals surface area contributed by atoms with Crippen LogP contribution >= 0.6 is 15.9 Å². The number of hydrogen-bond donors (Lipinski definition) is 1. The van der Waals surface area contributed by atoms with Gasteiger partial charge in [0, 0.05) is 16.1 Å². The third-order valence-corrected chi connectivity index (χ3v) is 4.03. The zero-order valence-corrected chi connectivity index (χ0v) is 16.8. The van der Waals surface area contributed by atoms with Gasteiger partial charge >= 0.3 is 5.97 Å². The Labute approximate surface area is 170 Å². The van der Waals surface area contributed by atoms with Gasteiger partial charge < -0.3 is 14.2 Å².